The normalized spacial score (nSPS) is 12.9. The van der Waals surface area contributed by atoms with E-state index in [9.17, 15) is 15.0 Å². The molecule has 0 fully saturated rings. The zero-order chi connectivity index (χ0) is 26.1. The van der Waals surface area contributed by atoms with Crippen LogP contribution in [0.2, 0.25) is 0 Å². The fourth-order valence-corrected chi connectivity index (χ4v) is 3.60. The number of carboxylic acids is 1. The summed E-state index contributed by atoms with van der Waals surface area (Å²) in [7, 11) is 0. The van der Waals surface area contributed by atoms with Crippen molar-refractivity contribution in [2.24, 2.45) is 0 Å². The molecule has 3 aromatic carbocycles. The third-order valence-corrected chi connectivity index (χ3v) is 5.46. The third-order valence-electron chi connectivity index (χ3n) is 5.46. The number of hydrogen-bond acceptors (Lipinski definition) is 5. The zero-order valence-corrected chi connectivity index (χ0v) is 20.8. The Kier molecular flexibility index (Phi) is 9.25. The molecular weight excluding hydrogens is 456 g/mol. The number of aromatic nitrogens is 1. The van der Waals surface area contributed by atoms with E-state index in [2.05, 4.69) is 10.3 Å². The van der Waals surface area contributed by atoms with Crippen molar-refractivity contribution < 1.29 is 24.9 Å². The molecule has 0 amide bonds. The molecule has 1 aromatic heterocycles. The summed E-state index contributed by atoms with van der Waals surface area (Å²) in [5, 5.41) is 33.8. The quantitative estimate of drug-likeness (QED) is 0.243. The third kappa shape index (κ3) is 7.68. The van der Waals surface area contributed by atoms with Crippen molar-refractivity contribution in [1.82, 2.24) is 10.3 Å². The van der Waals surface area contributed by atoms with Gasteiger partial charge in [0, 0.05) is 34.7 Å². The standard InChI is InChI=1S/C22H28N2O3.C7H6O2/c1-22(2,3)24-13-15(25)14-27-20-10-5-4-7-18(20)21(26)17-8-6-9-19-16(17)11-12-23-19;8-7(9)6-4-2-1-3-5-6/h4-12,15,21,23-26H,13-14H2,1-3H3;1-5H,(H,8,9). The van der Waals surface area contributed by atoms with Crippen molar-refractivity contribution in [3.8, 4) is 5.75 Å². The number of rotatable bonds is 8. The van der Waals surface area contributed by atoms with Crippen molar-refractivity contribution in [2.45, 2.75) is 38.5 Å². The summed E-state index contributed by atoms with van der Waals surface area (Å²) in [4.78, 5) is 13.4. The molecule has 0 saturated carbocycles. The molecule has 7 nitrogen and oxygen atoms in total. The number of H-pyrrole nitrogens is 1. The fourth-order valence-electron chi connectivity index (χ4n) is 3.60. The van der Waals surface area contributed by atoms with E-state index in [4.69, 9.17) is 9.84 Å². The van der Waals surface area contributed by atoms with E-state index >= 15 is 0 Å². The molecule has 0 aliphatic heterocycles. The van der Waals surface area contributed by atoms with Gasteiger partial charge in [0.25, 0.3) is 0 Å². The van der Waals surface area contributed by atoms with Gasteiger partial charge >= 0.3 is 5.97 Å². The Morgan fingerprint density at radius 3 is 2.25 bits per heavy atom. The van der Waals surface area contributed by atoms with Crippen LogP contribution >= 0.6 is 0 Å². The largest absolute Gasteiger partial charge is 0.490 e. The maximum atomic E-state index is 11.0. The summed E-state index contributed by atoms with van der Waals surface area (Å²) in [5.74, 6) is -0.303. The number of benzene rings is 3. The molecule has 0 spiro atoms. The first-order valence-electron chi connectivity index (χ1n) is 11.8. The van der Waals surface area contributed by atoms with Crippen LogP contribution in [0.25, 0.3) is 10.9 Å². The monoisotopic (exact) mass is 490 g/mol. The molecule has 190 valence electrons. The van der Waals surface area contributed by atoms with E-state index < -0.39 is 18.2 Å². The second kappa shape index (κ2) is 12.4. The van der Waals surface area contributed by atoms with Crippen LogP contribution in [0, 0.1) is 0 Å². The Bertz CT molecular complexity index is 1250. The van der Waals surface area contributed by atoms with Crippen LogP contribution in [-0.4, -0.2) is 51.1 Å². The smallest absolute Gasteiger partial charge is 0.335 e. The van der Waals surface area contributed by atoms with Crippen LogP contribution in [0.4, 0.5) is 0 Å². The average Bonchev–Trinajstić information content (AvgIpc) is 3.36. The van der Waals surface area contributed by atoms with Gasteiger partial charge in [-0.05, 0) is 56.7 Å². The molecule has 0 bridgehead atoms. The van der Waals surface area contributed by atoms with Gasteiger partial charge in [0.15, 0.2) is 0 Å². The highest BCUT2D eigenvalue weighted by molar-refractivity contribution is 5.87. The van der Waals surface area contributed by atoms with Crippen LogP contribution in [0.3, 0.4) is 0 Å². The van der Waals surface area contributed by atoms with Gasteiger partial charge in [-0.25, -0.2) is 4.79 Å². The number of β-amino-alcohol motifs (C(OH)–C–C–N with tert-alkyl or cyclic N) is 1. The average molecular weight is 491 g/mol. The lowest BCUT2D eigenvalue weighted by atomic mass is 9.98. The maximum Gasteiger partial charge on any atom is 0.335 e. The summed E-state index contributed by atoms with van der Waals surface area (Å²) in [6, 6.07) is 23.5. The molecule has 36 heavy (non-hydrogen) atoms. The minimum atomic E-state index is -0.879. The Morgan fingerprint density at radius 2 is 1.58 bits per heavy atom. The molecule has 4 rings (SSSR count). The highest BCUT2D eigenvalue weighted by atomic mass is 16.5. The number of carboxylic acid groups (broad SMARTS) is 1. The van der Waals surface area contributed by atoms with E-state index in [0.717, 1.165) is 16.5 Å². The Hall–Kier alpha value is -3.65. The van der Waals surface area contributed by atoms with Gasteiger partial charge in [-0.15, -0.1) is 0 Å². The lowest BCUT2D eigenvalue weighted by Gasteiger charge is -2.23. The SMILES string of the molecule is CC(C)(C)NCC(O)COc1ccccc1C(O)c1cccc2[nH]ccc12.O=C(O)c1ccccc1. The predicted octanol–water partition coefficient (Wildman–Crippen LogP) is 4.76. The van der Waals surface area contributed by atoms with E-state index in [1.807, 2.05) is 75.5 Å². The Morgan fingerprint density at radius 1 is 0.917 bits per heavy atom. The fraction of sp³-hybridized carbons (Fsp3) is 0.276. The van der Waals surface area contributed by atoms with Gasteiger partial charge in [0.05, 0.1) is 5.56 Å². The van der Waals surface area contributed by atoms with Gasteiger partial charge in [0.2, 0.25) is 0 Å². The summed E-state index contributed by atoms with van der Waals surface area (Å²) >= 11 is 0. The number of fused-ring (bicyclic) bond motifs is 1. The number of aromatic amines is 1. The summed E-state index contributed by atoms with van der Waals surface area (Å²) in [6.45, 7) is 6.74. The zero-order valence-electron chi connectivity index (χ0n) is 20.8. The second-order valence-corrected chi connectivity index (χ2v) is 9.49. The number of aliphatic hydroxyl groups is 2. The van der Waals surface area contributed by atoms with Gasteiger partial charge < -0.3 is 30.4 Å². The van der Waals surface area contributed by atoms with Crippen molar-refractivity contribution in [3.05, 3.63) is 102 Å². The predicted molar refractivity (Wildman–Crippen MR) is 141 cm³/mol. The lowest BCUT2D eigenvalue weighted by molar-refractivity contribution is 0.0697. The first-order valence-corrected chi connectivity index (χ1v) is 11.8. The van der Waals surface area contributed by atoms with Crippen LogP contribution in [0.1, 0.15) is 48.4 Å². The van der Waals surface area contributed by atoms with E-state index in [1.54, 1.807) is 30.3 Å². The Balaban J connectivity index is 0.000000338. The number of aliphatic hydroxyl groups excluding tert-OH is 2. The highest BCUT2D eigenvalue weighted by Crippen LogP contribution is 2.33. The van der Waals surface area contributed by atoms with Crippen molar-refractivity contribution in [3.63, 3.8) is 0 Å². The number of nitrogens with one attached hydrogen (secondary N) is 2. The number of carbonyl (C=O) groups is 1. The van der Waals surface area contributed by atoms with Gasteiger partial charge in [-0.2, -0.15) is 0 Å². The minimum absolute atomic E-state index is 0.0652. The van der Waals surface area contributed by atoms with Crippen molar-refractivity contribution in [1.29, 1.82) is 0 Å². The van der Waals surface area contributed by atoms with Gasteiger partial charge in [-0.1, -0.05) is 48.5 Å². The first-order chi connectivity index (χ1) is 17.2. The van der Waals surface area contributed by atoms with Gasteiger partial charge in [0.1, 0.15) is 24.6 Å². The van der Waals surface area contributed by atoms with E-state index in [-0.39, 0.29) is 12.1 Å². The lowest BCUT2D eigenvalue weighted by Crippen LogP contribution is -2.42. The van der Waals surface area contributed by atoms with Crippen molar-refractivity contribution in [2.75, 3.05) is 13.2 Å². The first kappa shape index (κ1) is 26.9. The van der Waals surface area contributed by atoms with Crippen LogP contribution in [0.5, 0.6) is 5.75 Å². The van der Waals surface area contributed by atoms with Crippen LogP contribution in [-0.2, 0) is 0 Å². The summed E-state index contributed by atoms with van der Waals surface area (Å²) in [6.07, 6.45) is 0.412. The number of para-hydroxylation sites is 1. The van der Waals surface area contributed by atoms with Gasteiger partial charge in [-0.3, -0.25) is 0 Å². The Labute approximate surface area is 211 Å². The molecule has 0 aliphatic rings. The molecule has 5 N–H and O–H groups in total. The highest BCUT2D eigenvalue weighted by Gasteiger charge is 2.19. The second-order valence-electron chi connectivity index (χ2n) is 9.49. The number of hydrogen-bond donors (Lipinski definition) is 5. The van der Waals surface area contributed by atoms with Crippen LogP contribution < -0.4 is 10.1 Å². The maximum absolute atomic E-state index is 11.0. The molecule has 4 aromatic rings. The minimum Gasteiger partial charge on any atom is -0.490 e. The number of ether oxygens (including phenoxy) is 1. The molecule has 2 unspecified atom stereocenters. The molecule has 2 atom stereocenters. The summed E-state index contributed by atoms with van der Waals surface area (Å²) < 4.78 is 5.84. The van der Waals surface area contributed by atoms with E-state index in [0.29, 0.717) is 23.4 Å². The van der Waals surface area contributed by atoms with E-state index in [1.165, 1.54) is 0 Å². The summed E-state index contributed by atoms with van der Waals surface area (Å²) in [5.41, 5.74) is 2.75. The molecular formula is C29H34N2O5. The number of aromatic carboxylic acids is 1. The van der Waals surface area contributed by atoms with Crippen molar-refractivity contribution >= 4 is 16.9 Å². The molecule has 1 heterocycles. The van der Waals surface area contributed by atoms with Crippen LogP contribution in [0.15, 0.2) is 85.1 Å². The molecule has 0 radical (unpaired) electrons. The molecule has 0 saturated heterocycles. The molecule has 0 aliphatic carbocycles. The topological polar surface area (TPSA) is 115 Å². The molecule has 7 heteroatoms.